The van der Waals surface area contributed by atoms with Gasteiger partial charge < -0.3 is 20.3 Å². The first-order chi connectivity index (χ1) is 14.9. The van der Waals surface area contributed by atoms with Gasteiger partial charge in [-0.2, -0.15) is 13.2 Å². The fourth-order valence-electron chi connectivity index (χ4n) is 3.68. The topological polar surface area (TPSA) is 107 Å². The van der Waals surface area contributed by atoms with E-state index in [1.54, 1.807) is 17.6 Å². The van der Waals surface area contributed by atoms with E-state index in [0.717, 1.165) is 11.1 Å². The third-order valence-corrected chi connectivity index (χ3v) is 5.23. The van der Waals surface area contributed by atoms with Gasteiger partial charge in [-0.25, -0.2) is 19.3 Å². The molecule has 1 amide bonds. The van der Waals surface area contributed by atoms with Gasteiger partial charge >= 0.3 is 6.18 Å². The Labute approximate surface area is 183 Å². The summed E-state index contributed by atoms with van der Waals surface area (Å²) in [5.41, 5.74) is -0.497. The van der Waals surface area contributed by atoms with Crippen molar-refractivity contribution in [1.29, 1.82) is 0 Å². The number of fused-ring (bicyclic) bond motifs is 1. The SMILES string of the molecule is C[C@@]1(O)C[C@H](C(=O)NCC(F)(F)F)N(c2nc(-c3c[nH]c4ncc(Cl)cc34)ncc2F)C1. The summed E-state index contributed by atoms with van der Waals surface area (Å²) in [5, 5.41) is 13.2. The molecule has 2 atom stereocenters. The van der Waals surface area contributed by atoms with Gasteiger partial charge in [0, 0.05) is 36.3 Å². The van der Waals surface area contributed by atoms with E-state index in [0.29, 0.717) is 21.6 Å². The van der Waals surface area contributed by atoms with E-state index < -0.39 is 36.1 Å². The maximum absolute atomic E-state index is 14.7. The van der Waals surface area contributed by atoms with E-state index in [-0.39, 0.29) is 24.6 Å². The lowest BCUT2D eigenvalue weighted by Crippen LogP contribution is -2.46. The molecule has 170 valence electrons. The second kappa shape index (κ2) is 7.85. The van der Waals surface area contributed by atoms with E-state index in [1.807, 2.05) is 0 Å². The number of anilines is 1. The van der Waals surface area contributed by atoms with Crippen LogP contribution in [0.3, 0.4) is 0 Å². The number of aromatic amines is 1. The summed E-state index contributed by atoms with van der Waals surface area (Å²) in [4.78, 5) is 28.9. The third-order valence-electron chi connectivity index (χ3n) is 5.02. The number of hydrogen-bond donors (Lipinski definition) is 3. The van der Waals surface area contributed by atoms with Gasteiger partial charge in [0.1, 0.15) is 18.2 Å². The summed E-state index contributed by atoms with van der Waals surface area (Å²) in [7, 11) is 0. The van der Waals surface area contributed by atoms with Crippen molar-refractivity contribution in [2.24, 2.45) is 0 Å². The minimum absolute atomic E-state index is 0.0812. The van der Waals surface area contributed by atoms with E-state index in [9.17, 15) is 27.5 Å². The van der Waals surface area contributed by atoms with Crippen molar-refractivity contribution in [1.82, 2.24) is 25.3 Å². The van der Waals surface area contributed by atoms with Crippen molar-refractivity contribution in [3.8, 4) is 11.4 Å². The highest BCUT2D eigenvalue weighted by Crippen LogP contribution is 2.34. The molecule has 0 unspecified atom stereocenters. The Morgan fingerprint density at radius 1 is 1.41 bits per heavy atom. The van der Waals surface area contributed by atoms with Crippen LogP contribution in [0.2, 0.25) is 5.02 Å². The van der Waals surface area contributed by atoms with Crippen LogP contribution in [0, 0.1) is 5.82 Å². The first kappa shape index (κ1) is 22.2. The molecule has 0 spiro atoms. The number of pyridine rings is 1. The predicted molar refractivity (Wildman–Crippen MR) is 108 cm³/mol. The molecule has 4 heterocycles. The summed E-state index contributed by atoms with van der Waals surface area (Å²) < 4.78 is 52.3. The quantitative estimate of drug-likeness (QED) is 0.504. The van der Waals surface area contributed by atoms with Gasteiger partial charge in [0.2, 0.25) is 5.91 Å². The summed E-state index contributed by atoms with van der Waals surface area (Å²) in [6.45, 7) is -0.352. The average molecular weight is 473 g/mol. The smallest absolute Gasteiger partial charge is 0.388 e. The largest absolute Gasteiger partial charge is 0.405 e. The lowest BCUT2D eigenvalue weighted by Gasteiger charge is -2.25. The number of β-amino-alcohol motifs (C(OH)–C–C–N with tert-alkyl or cyclic N) is 1. The van der Waals surface area contributed by atoms with Gasteiger partial charge in [-0.3, -0.25) is 4.79 Å². The van der Waals surface area contributed by atoms with E-state index in [2.05, 4.69) is 19.9 Å². The molecular formula is C19H17ClF4N6O2. The van der Waals surface area contributed by atoms with Crippen LogP contribution in [-0.4, -0.2) is 61.9 Å². The fourth-order valence-corrected chi connectivity index (χ4v) is 3.84. The van der Waals surface area contributed by atoms with Crippen molar-refractivity contribution in [2.45, 2.75) is 31.2 Å². The second-order valence-corrected chi connectivity index (χ2v) is 8.23. The Hall–Kier alpha value is -2.99. The molecule has 0 aromatic carbocycles. The average Bonchev–Trinajstić information content (AvgIpc) is 3.26. The monoisotopic (exact) mass is 472 g/mol. The van der Waals surface area contributed by atoms with Crippen LogP contribution in [0.4, 0.5) is 23.4 Å². The molecular weight excluding hydrogens is 456 g/mol. The highest BCUT2D eigenvalue weighted by atomic mass is 35.5. The number of H-pyrrole nitrogens is 1. The zero-order chi connectivity index (χ0) is 23.3. The Balaban J connectivity index is 1.71. The van der Waals surface area contributed by atoms with Gasteiger partial charge in [0.15, 0.2) is 17.5 Å². The Morgan fingerprint density at radius 3 is 2.88 bits per heavy atom. The van der Waals surface area contributed by atoms with Gasteiger partial charge in [-0.1, -0.05) is 11.6 Å². The fraction of sp³-hybridized carbons (Fsp3) is 0.368. The number of nitrogens with zero attached hydrogens (tertiary/aromatic N) is 4. The molecule has 1 aliphatic rings. The van der Waals surface area contributed by atoms with Crippen LogP contribution in [0.5, 0.6) is 0 Å². The zero-order valence-corrected chi connectivity index (χ0v) is 17.3. The molecule has 32 heavy (non-hydrogen) atoms. The standard InChI is InChI=1S/C19H17ClF4N6O2/c1-18(32)3-13(17(31)28-7-19(22,23)24)30(8-18)16-12(21)6-27-15(29-16)11-5-26-14-10(11)2-9(20)4-25-14/h2,4-6,13,32H,3,7-8H2,1H3,(H,25,26)(H,28,31)/t13-,18-/m1/s1. The number of hydrogen-bond acceptors (Lipinski definition) is 6. The van der Waals surface area contributed by atoms with Crippen molar-refractivity contribution >= 4 is 34.4 Å². The van der Waals surface area contributed by atoms with Crippen molar-refractivity contribution in [3.63, 3.8) is 0 Å². The van der Waals surface area contributed by atoms with E-state index in [1.165, 1.54) is 13.1 Å². The molecule has 4 rings (SSSR count). The van der Waals surface area contributed by atoms with Gasteiger partial charge in [-0.05, 0) is 13.0 Å². The summed E-state index contributed by atoms with van der Waals surface area (Å²) in [6, 6.07) is 0.361. The molecule has 3 aromatic rings. The van der Waals surface area contributed by atoms with Crippen LogP contribution in [-0.2, 0) is 4.79 Å². The van der Waals surface area contributed by atoms with Gasteiger partial charge in [0.25, 0.3) is 0 Å². The van der Waals surface area contributed by atoms with Gasteiger partial charge in [-0.15, -0.1) is 0 Å². The molecule has 0 bridgehead atoms. The molecule has 3 N–H and O–H groups in total. The number of carbonyl (C=O) groups is 1. The molecule has 0 aliphatic carbocycles. The molecule has 3 aromatic heterocycles. The first-order valence-electron chi connectivity index (χ1n) is 9.42. The molecule has 8 nitrogen and oxygen atoms in total. The maximum Gasteiger partial charge on any atom is 0.405 e. The summed E-state index contributed by atoms with van der Waals surface area (Å²) in [6.07, 6.45) is -0.926. The highest BCUT2D eigenvalue weighted by Gasteiger charge is 2.45. The predicted octanol–water partition coefficient (Wildman–Crippen LogP) is 2.82. The van der Waals surface area contributed by atoms with Gasteiger partial charge in [0.05, 0.1) is 16.8 Å². The lowest BCUT2D eigenvalue weighted by molar-refractivity contribution is -0.139. The highest BCUT2D eigenvalue weighted by molar-refractivity contribution is 6.31. The number of halogens is 5. The minimum Gasteiger partial charge on any atom is -0.388 e. The number of aromatic nitrogens is 4. The van der Waals surface area contributed by atoms with Crippen LogP contribution >= 0.6 is 11.6 Å². The summed E-state index contributed by atoms with van der Waals surface area (Å²) >= 11 is 6.00. The minimum atomic E-state index is -4.61. The van der Waals surface area contributed by atoms with Crippen molar-refractivity contribution in [3.05, 3.63) is 35.5 Å². The van der Waals surface area contributed by atoms with E-state index in [4.69, 9.17) is 11.6 Å². The molecule has 13 heteroatoms. The van der Waals surface area contributed by atoms with Crippen LogP contribution in [0.1, 0.15) is 13.3 Å². The number of alkyl halides is 3. The molecule has 1 fully saturated rings. The normalized spacial score (nSPS) is 21.3. The number of rotatable bonds is 4. The molecule has 1 aliphatic heterocycles. The lowest BCUT2D eigenvalue weighted by atomic mass is 10.0. The van der Waals surface area contributed by atoms with E-state index >= 15 is 0 Å². The zero-order valence-electron chi connectivity index (χ0n) is 16.5. The Kier molecular flexibility index (Phi) is 5.45. The second-order valence-electron chi connectivity index (χ2n) is 7.79. The molecule has 0 saturated carbocycles. The summed E-state index contributed by atoms with van der Waals surface area (Å²) in [5.74, 6) is -2.12. The number of amides is 1. The van der Waals surface area contributed by atoms with Crippen molar-refractivity contribution < 1.29 is 27.5 Å². The molecule has 0 radical (unpaired) electrons. The number of aliphatic hydroxyl groups is 1. The Morgan fingerprint density at radius 2 is 2.16 bits per heavy atom. The number of carbonyl (C=O) groups excluding carboxylic acids is 1. The Bertz CT molecular complexity index is 1180. The third kappa shape index (κ3) is 4.46. The van der Waals surface area contributed by atoms with Crippen molar-refractivity contribution in [2.75, 3.05) is 18.0 Å². The number of nitrogens with one attached hydrogen (secondary N) is 2. The van der Waals surface area contributed by atoms with Crippen LogP contribution in [0.15, 0.2) is 24.7 Å². The molecule has 1 saturated heterocycles. The maximum atomic E-state index is 14.7. The van der Waals surface area contributed by atoms with Crippen LogP contribution < -0.4 is 10.2 Å². The first-order valence-corrected chi connectivity index (χ1v) is 9.80. The van der Waals surface area contributed by atoms with Crippen LogP contribution in [0.25, 0.3) is 22.4 Å².